The molecule has 1 unspecified atom stereocenters. The van der Waals surface area contributed by atoms with Crippen LogP contribution in [-0.4, -0.2) is 36.2 Å². The lowest BCUT2D eigenvalue weighted by Crippen LogP contribution is -2.52. The van der Waals surface area contributed by atoms with Gasteiger partial charge in [-0.3, -0.25) is 4.90 Å². The lowest BCUT2D eigenvalue weighted by molar-refractivity contribution is 0.0796. The molecular formula is C15H24N2O. The van der Waals surface area contributed by atoms with Gasteiger partial charge < -0.3 is 10.5 Å². The minimum Gasteiger partial charge on any atom is -0.488 e. The molecule has 1 aliphatic rings. The van der Waals surface area contributed by atoms with Gasteiger partial charge in [-0.15, -0.1) is 0 Å². The molecule has 0 spiro atoms. The van der Waals surface area contributed by atoms with E-state index in [9.17, 15) is 0 Å². The van der Waals surface area contributed by atoms with Crippen molar-refractivity contribution in [1.29, 1.82) is 0 Å². The molecule has 0 radical (unpaired) electrons. The quantitative estimate of drug-likeness (QED) is 0.866. The molecule has 1 aliphatic heterocycles. The van der Waals surface area contributed by atoms with Crippen molar-refractivity contribution in [2.24, 2.45) is 5.73 Å². The summed E-state index contributed by atoms with van der Waals surface area (Å²) in [6.07, 6.45) is 1.26. The van der Waals surface area contributed by atoms with Crippen molar-refractivity contribution in [3.8, 4) is 5.75 Å². The largest absolute Gasteiger partial charge is 0.488 e. The number of nitrogens with two attached hydrogens (primary N) is 1. The number of rotatable bonds is 5. The van der Waals surface area contributed by atoms with Crippen LogP contribution in [0.15, 0.2) is 24.3 Å². The molecule has 0 fully saturated rings. The average molecular weight is 248 g/mol. The number of fused-ring (bicyclic) bond motifs is 1. The molecule has 1 aromatic rings. The van der Waals surface area contributed by atoms with Crippen LogP contribution in [0.25, 0.3) is 0 Å². The minimum absolute atomic E-state index is 0.0346. The summed E-state index contributed by atoms with van der Waals surface area (Å²) in [6.45, 7) is 9.17. The van der Waals surface area contributed by atoms with Crippen LogP contribution in [0.4, 0.5) is 0 Å². The van der Waals surface area contributed by atoms with E-state index in [1.54, 1.807) is 0 Å². The Bertz CT molecular complexity index is 378. The topological polar surface area (TPSA) is 38.5 Å². The Balaban J connectivity index is 2.00. The van der Waals surface area contributed by atoms with E-state index in [0.29, 0.717) is 6.54 Å². The first kappa shape index (κ1) is 13.4. The van der Waals surface area contributed by atoms with Crippen LogP contribution in [-0.2, 0) is 6.42 Å². The molecule has 0 amide bonds. The van der Waals surface area contributed by atoms with Crippen LogP contribution >= 0.6 is 0 Å². The van der Waals surface area contributed by atoms with E-state index < -0.39 is 0 Å². The maximum absolute atomic E-state index is 6.00. The Morgan fingerprint density at radius 1 is 1.39 bits per heavy atom. The molecule has 18 heavy (non-hydrogen) atoms. The van der Waals surface area contributed by atoms with E-state index in [-0.39, 0.29) is 11.6 Å². The van der Waals surface area contributed by atoms with Gasteiger partial charge in [-0.1, -0.05) is 25.1 Å². The van der Waals surface area contributed by atoms with Gasteiger partial charge in [0.2, 0.25) is 0 Å². The van der Waals surface area contributed by atoms with Gasteiger partial charge in [0, 0.05) is 25.0 Å². The predicted molar refractivity (Wildman–Crippen MR) is 74.9 cm³/mol. The zero-order chi connectivity index (χ0) is 13.2. The van der Waals surface area contributed by atoms with Crippen LogP contribution in [0.3, 0.4) is 0 Å². The number of ether oxygens (including phenoxy) is 1. The summed E-state index contributed by atoms with van der Waals surface area (Å²) >= 11 is 0. The van der Waals surface area contributed by atoms with Crippen LogP contribution in [0.2, 0.25) is 0 Å². The molecule has 1 atom stereocenters. The van der Waals surface area contributed by atoms with Crippen molar-refractivity contribution in [3.05, 3.63) is 29.8 Å². The monoisotopic (exact) mass is 248 g/mol. The smallest absolute Gasteiger partial charge is 0.123 e. The van der Waals surface area contributed by atoms with Crippen LogP contribution < -0.4 is 10.5 Å². The zero-order valence-electron chi connectivity index (χ0n) is 11.6. The summed E-state index contributed by atoms with van der Waals surface area (Å²) in [7, 11) is 0. The molecule has 1 aromatic carbocycles. The number of likely N-dealkylation sites (N-methyl/N-ethyl adjacent to an activating group) is 1. The van der Waals surface area contributed by atoms with E-state index >= 15 is 0 Å². The lowest BCUT2D eigenvalue weighted by Gasteiger charge is -2.38. The van der Waals surface area contributed by atoms with Crippen molar-refractivity contribution in [2.45, 2.75) is 38.8 Å². The summed E-state index contributed by atoms with van der Waals surface area (Å²) in [5, 5.41) is 0. The first-order valence-corrected chi connectivity index (χ1v) is 6.76. The van der Waals surface area contributed by atoms with Crippen molar-refractivity contribution < 1.29 is 4.74 Å². The zero-order valence-corrected chi connectivity index (χ0v) is 11.6. The molecular weight excluding hydrogens is 224 g/mol. The number of para-hydroxylation sites is 1. The summed E-state index contributed by atoms with van der Waals surface area (Å²) in [5.41, 5.74) is 7.22. The third kappa shape index (κ3) is 2.68. The Kier molecular flexibility index (Phi) is 3.93. The Labute approximate surface area is 110 Å². The van der Waals surface area contributed by atoms with Gasteiger partial charge in [0.1, 0.15) is 11.9 Å². The first-order chi connectivity index (χ1) is 8.56. The fourth-order valence-corrected chi connectivity index (χ4v) is 2.53. The second-order valence-corrected chi connectivity index (χ2v) is 5.61. The highest BCUT2D eigenvalue weighted by atomic mass is 16.5. The van der Waals surface area contributed by atoms with Gasteiger partial charge in [-0.25, -0.2) is 0 Å². The third-order valence-electron chi connectivity index (χ3n) is 3.88. The summed E-state index contributed by atoms with van der Waals surface area (Å²) in [5.74, 6) is 1.05. The number of benzene rings is 1. The Morgan fingerprint density at radius 3 is 2.72 bits per heavy atom. The van der Waals surface area contributed by atoms with E-state index in [4.69, 9.17) is 10.5 Å². The lowest BCUT2D eigenvalue weighted by atomic mass is 10.0. The van der Waals surface area contributed by atoms with Crippen LogP contribution in [0.5, 0.6) is 5.75 Å². The van der Waals surface area contributed by atoms with Gasteiger partial charge in [-0.05, 0) is 32.0 Å². The number of hydrogen-bond acceptors (Lipinski definition) is 3. The molecule has 2 N–H and O–H groups in total. The maximum Gasteiger partial charge on any atom is 0.123 e. The van der Waals surface area contributed by atoms with Crippen molar-refractivity contribution >= 4 is 0 Å². The first-order valence-electron chi connectivity index (χ1n) is 6.76. The minimum atomic E-state index is 0.0346. The standard InChI is InChI=1S/C15H24N2O/c1-4-17(15(2,3)11-16)10-13-9-12-7-5-6-8-14(12)18-13/h5-8,13H,4,9-11,16H2,1-3H3. The van der Waals surface area contributed by atoms with Crippen molar-refractivity contribution in [1.82, 2.24) is 4.90 Å². The van der Waals surface area contributed by atoms with Gasteiger partial charge >= 0.3 is 0 Å². The number of hydrogen-bond donors (Lipinski definition) is 1. The highest BCUT2D eigenvalue weighted by Crippen LogP contribution is 2.29. The normalized spacial score (nSPS) is 18.8. The van der Waals surface area contributed by atoms with Crippen LogP contribution in [0, 0.1) is 0 Å². The SMILES string of the molecule is CCN(CC1Cc2ccccc2O1)C(C)(C)CN. The van der Waals surface area contributed by atoms with Crippen LogP contribution in [0.1, 0.15) is 26.3 Å². The summed E-state index contributed by atoms with van der Waals surface area (Å²) in [4.78, 5) is 2.41. The predicted octanol–water partition coefficient (Wildman–Crippen LogP) is 2.05. The molecule has 2 rings (SSSR count). The molecule has 0 aromatic heterocycles. The highest BCUT2D eigenvalue weighted by molar-refractivity contribution is 5.37. The number of nitrogens with zero attached hydrogens (tertiary/aromatic N) is 1. The molecule has 0 saturated heterocycles. The maximum atomic E-state index is 6.00. The fraction of sp³-hybridized carbons (Fsp3) is 0.600. The molecule has 3 nitrogen and oxygen atoms in total. The second kappa shape index (κ2) is 5.29. The molecule has 0 bridgehead atoms. The molecule has 0 aliphatic carbocycles. The van der Waals surface area contributed by atoms with Crippen molar-refractivity contribution in [3.63, 3.8) is 0 Å². The Morgan fingerprint density at radius 2 is 2.11 bits per heavy atom. The van der Waals surface area contributed by atoms with E-state index in [0.717, 1.165) is 25.3 Å². The molecule has 1 heterocycles. The highest BCUT2D eigenvalue weighted by Gasteiger charge is 2.30. The molecule has 100 valence electrons. The van der Waals surface area contributed by atoms with Crippen molar-refractivity contribution in [2.75, 3.05) is 19.6 Å². The van der Waals surface area contributed by atoms with E-state index in [2.05, 4.69) is 43.9 Å². The van der Waals surface area contributed by atoms with E-state index in [1.807, 2.05) is 6.07 Å². The molecule has 0 saturated carbocycles. The van der Waals surface area contributed by atoms with Gasteiger partial charge in [0.15, 0.2) is 0 Å². The summed E-state index contributed by atoms with van der Waals surface area (Å²) in [6, 6.07) is 8.31. The van der Waals surface area contributed by atoms with E-state index in [1.165, 1.54) is 5.56 Å². The Hall–Kier alpha value is -1.06. The van der Waals surface area contributed by atoms with Gasteiger partial charge in [0.25, 0.3) is 0 Å². The summed E-state index contributed by atoms with van der Waals surface area (Å²) < 4.78 is 6.00. The van der Waals surface area contributed by atoms with Gasteiger partial charge in [-0.2, -0.15) is 0 Å². The molecule has 3 heteroatoms. The average Bonchev–Trinajstić information content (AvgIpc) is 2.78. The third-order valence-corrected chi connectivity index (χ3v) is 3.88. The fourth-order valence-electron chi connectivity index (χ4n) is 2.53. The second-order valence-electron chi connectivity index (χ2n) is 5.61. The van der Waals surface area contributed by atoms with Gasteiger partial charge in [0.05, 0.1) is 0 Å².